The van der Waals surface area contributed by atoms with Crippen LogP contribution >= 0.6 is 0 Å². The Bertz CT molecular complexity index is 441. The molecule has 1 fully saturated rings. The van der Waals surface area contributed by atoms with Crippen molar-refractivity contribution in [3.05, 3.63) is 23.8 Å². The van der Waals surface area contributed by atoms with Gasteiger partial charge in [-0.25, -0.2) is 0 Å². The number of Topliss-reactive ketones (excluding diaryl/α,β-unsaturated/α-hetero) is 1. The number of ketones is 1. The number of benzene rings is 1. The second-order valence-electron chi connectivity index (χ2n) is 4.51. The van der Waals surface area contributed by atoms with Crippen molar-refractivity contribution < 1.29 is 19.0 Å². The molecule has 2 atom stereocenters. The maximum Gasteiger partial charge on any atom is 0.168 e. The Labute approximate surface area is 107 Å². The fourth-order valence-corrected chi connectivity index (χ4v) is 2.23. The normalized spacial score (nSPS) is 22.8. The maximum atomic E-state index is 12.3. The van der Waals surface area contributed by atoms with E-state index in [2.05, 4.69) is 0 Å². The van der Waals surface area contributed by atoms with Gasteiger partial charge in [0.25, 0.3) is 0 Å². The molecule has 4 heteroatoms. The smallest absolute Gasteiger partial charge is 0.168 e. The van der Waals surface area contributed by atoms with Crippen molar-refractivity contribution in [1.82, 2.24) is 0 Å². The first kappa shape index (κ1) is 12.9. The van der Waals surface area contributed by atoms with Crippen LogP contribution in [0.2, 0.25) is 0 Å². The molecule has 1 aromatic carbocycles. The van der Waals surface area contributed by atoms with E-state index in [1.54, 1.807) is 32.4 Å². The van der Waals surface area contributed by atoms with Crippen LogP contribution in [0.15, 0.2) is 18.2 Å². The van der Waals surface area contributed by atoms with Gasteiger partial charge in [-0.2, -0.15) is 0 Å². The molecule has 1 heterocycles. The van der Waals surface area contributed by atoms with Crippen molar-refractivity contribution in [3.8, 4) is 11.5 Å². The zero-order chi connectivity index (χ0) is 13.1. The second-order valence-corrected chi connectivity index (χ2v) is 4.51. The molecule has 0 bridgehead atoms. The Morgan fingerprint density at radius 2 is 2.00 bits per heavy atom. The van der Waals surface area contributed by atoms with Gasteiger partial charge in [0.1, 0.15) is 0 Å². The Balaban J connectivity index is 2.20. The van der Waals surface area contributed by atoms with Crippen LogP contribution in [0.3, 0.4) is 0 Å². The highest BCUT2D eigenvalue weighted by Gasteiger charge is 2.29. The van der Waals surface area contributed by atoms with Gasteiger partial charge in [0, 0.05) is 11.5 Å². The Hall–Kier alpha value is -1.55. The van der Waals surface area contributed by atoms with Gasteiger partial charge < -0.3 is 14.2 Å². The molecule has 98 valence electrons. The van der Waals surface area contributed by atoms with Gasteiger partial charge in [-0.05, 0) is 31.5 Å². The molecule has 0 radical (unpaired) electrons. The second kappa shape index (κ2) is 5.40. The van der Waals surface area contributed by atoms with Crippen LogP contribution in [-0.2, 0) is 4.74 Å². The lowest BCUT2D eigenvalue weighted by molar-refractivity contribution is 0.0877. The van der Waals surface area contributed by atoms with Crippen LogP contribution in [0.1, 0.15) is 23.7 Å². The van der Waals surface area contributed by atoms with E-state index in [-0.39, 0.29) is 17.8 Å². The predicted octanol–water partition coefficient (Wildman–Crippen LogP) is 2.31. The van der Waals surface area contributed by atoms with Gasteiger partial charge in [-0.3, -0.25) is 4.79 Å². The Morgan fingerprint density at radius 3 is 2.56 bits per heavy atom. The monoisotopic (exact) mass is 250 g/mol. The lowest BCUT2D eigenvalue weighted by atomic mass is 9.95. The van der Waals surface area contributed by atoms with E-state index in [4.69, 9.17) is 14.2 Å². The number of hydrogen-bond acceptors (Lipinski definition) is 4. The third-order valence-electron chi connectivity index (χ3n) is 3.24. The molecule has 1 aliphatic heterocycles. The number of hydrogen-bond donors (Lipinski definition) is 0. The number of methoxy groups -OCH3 is 2. The summed E-state index contributed by atoms with van der Waals surface area (Å²) in [6.07, 6.45) is 0.951. The molecule has 4 nitrogen and oxygen atoms in total. The van der Waals surface area contributed by atoms with Crippen molar-refractivity contribution in [2.45, 2.75) is 19.4 Å². The van der Waals surface area contributed by atoms with Gasteiger partial charge >= 0.3 is 0 Å². The van der Waals surface area contributed by atoms with Crippen LogP contribution in [-0.4, -0.2) is 32.7 Å². The minimum atomic E-state index is -0.0434. The summed E-state index contributed by atoms with van der Waals surface area (Å²) in [6.45, 7) is 2.50. The average molecular weight is 250 g/mol. The number of rotatable bonds is 4. The first-order valence-corrected chi connectivity index (χ1v) is 6.03. The van der Waals surface area contributed by atoms with Gasteiger partial charge in [0.05, 0.1) is 26.9 Å². The molecule has 0 aliphatic carbocycles. The highest BCUT2D eigenvalue weighted by atomic mass is 16.5. The van der Waals surface area contributed by atoms with Crippen molar-refractivity contribution in [2.75, 3.05) is 20.8 Å². The molecular weight excluding hydrogens is 232 g/mol. The first-order valence-electron chi connectivity index (χ1n) is 6.03. The van der Waals surface area contributed by atoms with Crippen molar-refractivity contribution in [2.24, 2.45) is 5.92 Å². The van der Waals surface area contributed by atoms with Crippen molar-refractivity contribution >= 4 is 5.78 Å². The fourth-order valence-electron chi connectivity index (χ4n) is 2.23. The highest BCUT2D eigenvalue weighted by Crippen LogP contribution is 2.30. The van der Waals surface area contributed by atoms with E-state index in [1.807, 2.05) is 6.92 Å². The van der Waals surface area contributed by atoms with E-state index in [0.717, 1.165) is 6.42 Å². The van der Waals surface area contributed by atoms with Crippen LogP contribution in [0.5, 0.6) is 11.5 Å². The molecule has 1 saturated heterocycles. The van der Waals surface area contributed by atoms with Gasteiger partial charge in [-0.15, -0.1) is 0 Å². The average Bonchev–Trinajstić information content (AvgIpc) is 2.83. The van der Waals surface area contributed by atoms with Crippen LogP contribution in [0, 0.1) is 5.92 Å². The zero-order valence-electron chi connectivity index (χ0n) is 10.9. The minimum Gasteiger partial charge on any atom is -0.493 e. The van der Waals surface area contributed by atoms with E-state index >= 15 is 0 Å². The zero-order valence-corrected chi connectivity index (χ0v) is 10.9. The van der Waals surface area contributed by atoms with E-state index in [0.29, 0.717) is 23.7 Å². The molecule has 0 saturated carbocycles. The summed E-state index contributed by atoms with van der Waals surface area (Å²) in [6, 6.07) is 5.25. The topological polar surface area (TPSA) is 44.8 Å². The summed E-state index contributed by atoms with van der Waals surface area (Å²) in [5.41, 5.74) is 0.648. The quantitative estimate of drug-likeness (QED) is 0.769. The van der Waals surface area contributed by atoms with Gasteiger partial charge in [0.2, 0.25) is 0 Å². The number of carbonyl (C=O) groups is 1. The van der Waals surface area contributed by atoms with Crippen molar-refractivity contribution in [1.29, 1.82) is 0 Å². The first-order chi connectivity index (χ1) is 8.65. The third-order valence-corrected chi connectivity index (χ3v) is 3.24. The van der Waals surface area contributed by atoms with Crippen LogP contribution < -0.4 is 9.47 Å². The molecule has 0 aromatic heterocycles. The molecule has 1 aliphatic rings. The summed E-state index contributed by atoms with van der Waals surface area (Å²) in [5.74, 6) is 1.28. The molecule has 1 aromatic rings. The van der Waals surface area contributed by atoms with Gasteiger partial charge in [0.15, 0.2) is 17.3 Å². The molecule has 0 N–H and O–H groups in total. The molecule has 0 spiro atoms. The highest BCUT2D eigenvalue weighted by molar-refractivity contribution is 5.98. The van der Waals surface area contributed by atoms with Crippen molar-refractivity contribution in [3.63, 3.8) is 0 Å². The summed E-state index contributed by atoms with van der Waals surface area (Å²) in [5, 5.41) is 0. The largest absolute Gasteiger partial charge is 0.493 e. The van der Waals surface area contributed by atoms with E-state index < -0.39 is 0 Å². The minimum absolute atomic E-state index is 0.0434. The van der Waals surface area contributed by atoms with Gasteiger partial charge in [-0.1, -0.05) is 0 Å². The van der Waals surface area contributed by atoms with E-state index in [1.165, 1.54) is 0 Å². The number of carbonyl (C=O) groups excluding carboxylic acids is 1. The molecular formula is C14H18O4. The lowest BCUT2D eigenvalue weighted by Crippen LogP contribution is -2.15. The summed E-state index contributed by atoms with van der Waals surface area (Å²) < 4.78 is 15.8. The summed E-state index contributed by atoms with van der Waals surface area (Å²) >= 11 is 0. The standard InChI is InChI=1S/C14H18O4/c1-9-6-11(8-18-9)14(15)10-4-5-12(16-2)13(7-10)17-3/h4-5,7,9,11H,6,8H2,1-3H3. The maximum absolute atomic E-state index is 12.3. The molecule has 18 heavy (non-hydrogen) atoms. The third kappa shape index (κ3) is 2.48. The summed E-state index contributed by atoms with van der Waals surface area (Å²) in [7, 11) is 3.14. The SMILES string of the molecule is COc1ccc(C(=O)C2COC(C)C2)cc1OC. The summed E-state index contributed by atoms with van der Waals surface area (Å²) in [4.78, 5) is 12.3. The predicted molar refractivity (Wildman–Crippen MR) is 67.4 cm³/mol. The Kier molecular flexibility index (Phi) is 3.87. The molecule has 2 unspecified atom stereocenters. The number of ether oxygens (including phenoxy) is 3. The Morgan fingerprint density at radius 1 is 1.28 bits per heavy atom. The molecule has 0 amide bonds. The van der Waals surface area contributed by atoms with Crippen LogP contribution in [0.4, 0.5) is 0 Å². The lowest BCUT2D eigenvalue weighted by Gasteiger charge is -2.11. The molecule has 2 rings (SSSR count). The fraction of sp³-hybridized carbons (Fsp3) is 0.500. The van der Waals surface area contributed by atoms with E-state index in [9.17, 15) is 4.79 Å². The van der Waals surface area contributed by atoms with Crippen LogP contribution in [0.25, 0.3) is 0 Å².